The predicted octanol–water partition coefficient (Wildman–Crippen LogP) is 3.05. The van der Waals surface area contributed by atoms with Crippen molar-refractivity contribution in [3.8, 4) is 5.75 Å². The molecule has 1 aromatic carbocycles. The van der Waals surface area contributed by atoms with Crippen LogP contribution in [0.25, 0.3) is 0 Å². The maximum absolute atomic E-state index is 11.1. The maximum atomic E-state index is 11.1. The van der Waals surface area contributed by atoms with E-state index in [4.69, 9.17) is 4.74 Å². The minimum atomic E-state index is -0.724. The van der Waals surface area contributed by atoms with Crippen molar-refractivity contribution in [3.05, 3.63) is 71.7 Å². The first-order chi connectivity index (χ1) is 15.4. The number of aryl methyl sites for hydroxylation is 2. The largest absolute Gasteiger partial charge is 0.492 e. The molecule has 0 spiro atoms. The Kier molecular flexibility index (Phi) is 6.77. The lowest BCUT2D eigenvalue weighted by atomic mass is 10.0. The first kappa shape index (κ1) is 22.3. The molecular weight excluding hydrogens is 402 g/mol. The molecule has 32 heavy (non-hydrogen) atoms. The summed E-state index contributed by atoms with van der Waals surface area (Å²) < 4.78 is 7.86. The van der Waals surface area contributed by atoms with Gasteiger partial charge in [0.25, 0.3) is 0 Å². The summed E-state index contributed by atoms with van der Waals surface area (Å²) in [5.41, 5.74) is 2.65. The molecule has 0 amide bonds. The summed E-state index contributed by atoms with van der Waals surface area (Å²) in [6, 6.07) is 16.2. The van der Waals surface area contributed by atoms with Crippen LogP contribution in [0.1, 0.15) is 23.4 Å². The van der Waals surface area contributed by atoms with E-state index in [1.165, 1.54) is 5.56 Å². The maximum Gasteiger partial charge on any atom is 0.128 e. The van der Waals surface area contributed by atoms with Crippen LogP contribution in [-0.2, 0) is 13.1 Å². The van der Waals surface area contributed by atoms with E-state index in [2.05, 4.69) is 52.1 Å². The quantitative estimate of drug-likeness (QED) is 0.557. The van der Waals surface area contributed by atoms with E-state index in [9.17, 15) is 5.11 Å². The highest BCUT2D eigenvalue weighted by molar-refractivity contribution is 5.40. The molecule has 1 atom stereocenters. The Morgan fingerprint density at radius 3 is 2.66 bits per heavy atom. The number of likely N-dealkylation sites (N-methyl/N-ethyl adjacent to an activating group) is 1. The SMILES string of the molecule is Cc1cc(C)n(CCOc2ccc(CN(C)C[C@@]3(O)CCN(c4ccccn4)C3)cc2)n1. The van der Waals surface area contributed by atoms with Crippen LogP contribution in [0, 0.1) is 13.8 Å². The molecule has 0 radical (unpaired) electrons. The van der Waals surface area contributed by atoms with Gasteiger partial charge in [-0.05, 0) is 63.2 Å². The van der Waals surface area contributed by atoms with E-state index in [0.29, 0.717) is 19.7 Å². The van der Waals surface area contributed by atoms with Crippen molar-refractivity contribution in [2.75, 3.05) is 38.2 Å². The molecule has 4 rings (SSSR count). The second-order valence-electron chi connectivity index (χ2n) is 8.90. The topological polar surface area (TPSA) is 66.7 Å². The van der Waals surface area contributed by atoms with Crippen molar-refractivity contribution in [2.24, 2.45) is 0 Å². The third kappa shape index (κ3) is 5.66. The second-order valence-corrected chi connectivity index (χ2v) is 8.90. The van der Waals surface area contributed by atoms with Gasteiger partial charge in [-0.3, -0.25) is 9.58 Å². The molecule has 2 aromatic heterocycles. The normalized spacial score (nSPS) is 18.5. The molecular formula is C25H33N5O2. The smallest absolute Gasteiger partial charge is 0.128 e. The zero-order valence-corrected chi connectivity index (χ0v) is 19.2. The zero-order valence-electron chi connectivity index (χ0n) is 19.2. The monoisotopic (exact) mass is 435 g/mol. The molecule has 0 aliphatic carbocycles. The Morgan fingerprint density at radius 2 is 1.97 bits per heavy atom. The molecule has 1 fully saturated rings. The second kappa shape index (κ2) is 9.71. The van der Waals surface area contributed by atoms with E-state index in [1.54, 1.807) is 6.20 Å². The van der Waals surface area contributed by atoms with Crippen LogP contribution in [0.15, 0.2) is 54.7 Å². The van der Waals surface area contributed by atoms with Crippen molar-refractivity contribution >= 4 is 5.82 Å². The first-order valence-electron chi connectivity index (χ1n) is 11.2. The summed E-state index contributed by atoms with van der Waals surface area (Å²) in [7, 11) is 2.06. The number of nitrogens with zero attached hydrogens (tertiary/aromatic N) is 5. The van der Waals surface area contributed by atoms with Crippen molar-refractivity contribution < 1.29 is 9.84 Å². The van der Waals surface area contributed by atoms with Crippen LogP contribution < -0.4 is 9.64 Å². The van der Waals surface area contributed by atoms with Gasteiger partial charge >= 0.3 is 0 Å². The molecule has 7 nitrogen and oxygen atoms in total. The lowest BCUT2D eigenvalue weighted by Gasteiger charge is -2.29. The number of β-amino-alcohol motifs (C(OH)–C–C–N with tert-alkyl or cyclic N) is 1. The summed E-state index contributed by atoms with van der Waals surface area (Å²) in [5, 5.41) is 15.6. The Balaban J connectivity index is 1.24. The molecule has 3 aromatic rings. The zero-order chi connectivity index (χ0) is 22.6. The van der Waals surface area contributed by atoms with E-state index < -0.39 is 5.60 Å². The van der Waals surface area contributed by atoms with E-state index >= 15 is 0 Å². The fourth-order valence-electron chi connectivity index (χ4n) is 4.43. The molecule has 1 saturated heterocycles. The molecule has 3 heterocycles. The summed E-state index contributed by atoms with van der Waals surface area (Å²) in [5.74, 6) is 1.79. The van der Waals surface area contributed by atoms with Crippen LogP contribution in [0.4, 0.5) is 5.82 Å². The summed E-state index contributed by atoms with van der Waals surface area (Å²) >= 11 is 0. The minimum absolute atomic E-state index is 0.584. The predicted molar refractivity (Wildman–Crippen MR) is 126 cm³/mol. The minimum Gasteiger partial charge on any atom is -0.492 e. The number of benzene rings is 1. The van der Waals surface area contributed by atoms with Gasteiger partial charge in [0.2, 0.25) is 0 Å². The molecule has 0 saturated carbocycles. The first-order valence-corrected chi connectivity index (χ1v) is 11.2. The van der Waals surface area contributed by atoms with Crippen LogP contribution in [0.3, 0.4) is 0 Å². The van der Waals surface area contributed by atoms with Crippen molar-refractivity contribution in [1.82, 2.24) is 19.7 Å². The summed E-state index contributed by atoms with van der Waals surface area (Å²) in [6.45, 7) is 8.21. The van der Waals surface area contributed by atoms with Crippen molar-refractivity contribution in [3.63, 3.8) is 0 Å². The number of pyridine rings is 1. The average molecular weight is 436 g/mol. The molecule has 1 aliphatic heterocycles. The number of hydrogen-bond acceptors (Lipinski definition) is 6. The number of aromatic nitrogens is 3. The fourth-order valence-corrected chi connectivity index (χ4v) is 4.43. The van der Waals surface area contributed by atoms with Gasteiger partial charge in [0.15, 0.2) is 0 Å². The Bertz CT molecular complexity index is 1000. The lowest BCUT2D eigenvalue weighted by molar-refractivity contribution is 0.0279. The van der Waals surface area contributed by atoms with Crippen molar-refractivity contribution in [2.45, 2.75) is 39.0 Å². The average Bonchev–Trinajstić information content (AvgIpc) is 3.31. The van der Waals surface area contributed by atoms with Gasteiger partial charge in [0.05, 0.1) is 17.8 Å². The van der Waals surface area contributed by atoms with Gasteiger partial charge in [-0.2, -0.15) is 5.10 Å². The number of hydrogen-bond donors (Lipinski definition) is 1. The molecule has 1 aliphatic rings. The highest BCUT2D eigenvalue weighted by Crippen LogP contribution is 2.26. The molecule has 1 N–H and O–H groups in total. The number of aliphatic hydroxyl groups is 1. The van der Waals surface area contributed by atoms with Gasteiger partial charge in [-0.25, -0.2) is 4.98 Å². The Hall–Kier alpha value is -2.90. The lowest BCUT2D eigenvalue weighted by Crippen LogP contribution is -2.43. The number of anilines is 1. The third-order valence-electron chi connectivity index (χ3n) is 5.92. The van der Waals surface area contributed by atoms with Crippen LogP contribution in [-0.4, -0.2) is 63.7 Å². The summed E-state index contributed by atoms with van der Waals surface area (Å²) in [4.78, 5) is 8.75. The fraction of sp³-hybridized carbons (Fsp3) is 0.440. The van der Waals surface area contributed by atoms with Gasteiger partial charge in [0.1, 0.15) is 18.2 Å². The number of ether oxygens (including phenoxy) is 1. The van der Waals surface area contributed by atoms with E-state index in [-0.39, 0.29) is 0 Å². The van der Waals surface area contributed by atoms with Crippen LogP contribution in [0.5, 0.6) is 5.75 Å². The Labute approximate surface area is 190 Å². The standard InChI is InChI=1S/C25H33N5O2/c1-20-16-21(2)30(27-20)14-15-32-23-9-7-22(8-10-23)17-28(3)18-25(31)11-13-29(19-25)24-6-4-5-12-26-24/h4-10,12,16,31H,11,13-15,17-19H2,1-3H3/t25-/m0/s1. The molecule has 0 bridgehead atoms. The van der Waals surface area contributed by atoms with E-state index in [0.717, 1.165) is 49.0 Å². The summed E-state index contributed by atoms with van der Waals surface area (Å²) in [6.07, 6.45) is 2.54. The highest BCUT2D eigenvalue weighted by atomic mass is 16.5. The van der Waals surface area contributed by atoms with Gasteiger partial charge in [0, 0.05) is 38.1 Å². The van der Waals surface area contributed by atoms with E-state index in [1.807, 2.05) is 41.9 Å². The van der Waals surface area contributed by atoms with Crippen LogP contribution in [0.2, 0.25) is 0 Å². The van der Waals surface area contributed by atoms with Gasteiger partial charge < -0.3 is 14.7 Å². The van der Waals surface area contributed by atoms with Gasteiger partial charge in [-0.15, -0.1) is 0 Å². The Morgan fingerprint density at radius 1 is 1.16 bits per heavy atom. The van der Waals surface area contributed by atoms with Crippen molar-refractivity contribution in [1.29, 1.82) is 0 Å². The van der Waals surface area contributed by atoms with Gasteiger partial charge in [-0.1, -0.05) is 18.2 Å². The highest BCUT2D eigenvalue weighted by Gasteiger charge is 2.37. The molecule has 7 heteroatoms. The third-order valence-corrected chi connectivity index (χ3v) is 5.92. The van der Waals surface area contributed by atoms with Crippen LogP contribution >= 0.6 is 0 Å². The molecule has 0 unspecified atom stereocenters. The number of rotatable bonds is 9. The molecule has 170 valence electrons.